The fourth-order valence-corrected chi connectivity index (χ4v) is 3.30. The van der Waals surface area contributed by atoms with Gasteiger partial charge in [0.05, 0.1) is 0 Å². The molecule has 0 saturated carbocycles. The Morgan fingerprint density at radius 3 is 2.36 bits per heavy atom. The van der Waals surface area contributed by atoms with Gasteiger partial charge in [-0.3, -0.25) is 9.78 Å². The average Bonchev–Trinajstić information content (AvgIpc) is 2.68. The Bertz CT molecular complexity index is 951. The molecule has 0 saturated heterocycles. The molecular formula is C20H19F3N2O3. The molecule has 0 fully saturated rings. The molecule has 2 N–H and O–H groups in total. The highest BCUT2D eigenvalue weighted by molar-refractivity contribution is 5.92. The van der Waals surface area contributed by atoms with Gasteiger partial charge in [0.1, 0.15) is 5.69 Å². The van der Waals surface area contributed by atoms with Gasteiger partial charge in [0.15, 0.2) is 11.5 Å². The van der Waals surface area contributed by atoms with Gasteiger partial charge >= 0.3 is 6.18 Å². The Morgan fingerprint density at radius 2 is 1.79 bits per heavy atom. The standard InChI is InChI=1S/C20H19F3N2O3/c1-11-14-7-8-25(10-15(14)12(2)19(28)18(11)27)17(26)6-4-13-3-5-16(24-9-13)20(21,22)23/h3-6,9,27-28H,7-8,10H2,1-2H3/b6-4+. The number of fused-ring (bicyclic) bond motifs is 1. The molecule has 0 radical (unpaired) electrons. The summed E-state index contributed by atoms with van der Waals surface area (Å²) < 4.78 is 37.6. The maximum Gasteiger partial charge on any atom is 0.433 e. The number of alkyl halides is 3. The highest BCUT2D eigenvalue weighted by atomic mass is 19.4. The molecule has 2 aromatic rings. The fourth-order valence-electron chi connectivity index (χ4n) is 3.30. The lowest BCUT2D eigenvalue weighted by Gasteiger charge is -2.31. The third-order valence-corrected chi connectivity index (χ3v) is 4.99. The van der Waals surface area contributed by atoms with Crippen LogP contribution in [-0.2, 0) is 23.9 Å². The highest BCUT2D eigenvalue weighted by Crippen LogP contribution is 2.40. The van der Waals surface area contributed by atoms with Crippen LogP contribution >= 0.6 is 0 Å². The molecule has 1 aromatic heterocycles. The predicted molar refractivity (Wildman–Crippen MR) is 96.6 cm³/mol. The molecule has 148 valence electrons. The number of halogens is 3. The van der Waals surface area contributed by atoms with Crippen LogP contribution in [0.15, 0.2) is 24.4 Å². The number of nitrogens with zero attached hydrogens (tertiary/aromatic N) is 2. The van der Waals surface area contributed by atoms with Gasteiger partial charge in [-0.05, 0) is 60.2 Å². The monoisotopic (exact) mass is 392 g/mol. The van der Waals surface area contributed by atoms with Crippen LogP contribution in [0, 0.1) is 13.8 Å². The summed E-state index contributed by atoms with van der Waals surface area (Å²) in [5.41, 5.74) is 2.26. The van der Waals surface area contributed by atoms with E-state index in [9.17, 15) is 28.2 Å². The van der Waals surface area contributed by atoms with Crippen LogP contribution in [0.4, 0.5) is 13.2 Å². The molecule has 8 heteroatoms. The molecule has 0 bridgehead atoms. The number of phenolic OH excluding ortho intramolecular Hbond substituents is 2. The van der Waals surface area contributed by atoms with Crippen LogP contribution in [0.5, 0.6) is 11.5 Å². The molecule has 0 aliphatic carbocycles. The highest BCUT2D eigenvalue weighted by Gasteiger charge is 2.32. The number of benzene rings is 1. The molecule has 1 aliphatic rings. The summed E-state index contributed by atoms with van der Waals surface area (Å²) >= 11 is 0. The van der Waals surface area contributed by atoms with Gasteiger partial charge in [-0.15, -0.1) is 0 Å². The number of hydrogen-bond donors (Lipinski definition) is 2. The number of hydrogen-bond acceptors (Lipinski definition) is 4. The second-order valence-electron chi connectivity index (χ2n) is 6.72. The molecule has 5 nitrogen and oxygen atoms in total. The second kappa shape index (κ2) is 7.18. The van der Waals surface area contributed by atoms with E-state index in [1.165, 1.54) is 18.2 Å². The van der Waals surface area contributed by atoms with E-state index in [0.29, 0.717) is 29.7 Å². The lowest BCUT2D eigenvalue weighted by Crippen LogP contribution is -2.35. The zero-order valence-electron chi connectivity index (χ0n) is 15.3. The summed E-state index contributed by atoms with van der Waals surface area (Å²) in [5, 5.41) is 20.0. The van der Waals surface area contributed by atoms with Crippen LogP contribution in [0.1, 0.15) is 33.5 Å². The van der Waals surface area contributed by atoms with E-state index in [4.69, 9.17) is 0 Å². The van der Waals surface area contributed by atoms with Crippen molar-refractivity contribution in [2.45, 2.75) is 33.0 Å². The van der Waals surface area contributed by atoms with Crippen molar-refractivity contribution in [3.63, 3.8) is 0 Å². The molecule has 3 rings (SSSR count). The molecule has 2 heterocycles. The number of rotatable bonds is 2. The van der Waals surface area contributed by atoms with E-state index in [1.807, 2.05) is 0 Å². The first-order valence-electron chi connectivity index (χ1n) is 8.62. The van der Waals surface area contributed by atoms with Crippen LogP contribution in [0.25, 0.3) is 6.08 Å². The van der Waals surface area contributed by atoms with Crippen molar-refractivity contribution in [1.29, 1.82) is 0 Å². The maximum absolute atomic E-state index is 12.5. The van der Waals surface area contributed by atoms with Crippen molar-refractivity contribution in [2.24, 2.45) is 0 Å². The topological polar surface area (TPSA) is 73.7 Å². The van der Waals surface area contributed by atoms with Crippen LogP contribution in [0.2, 0.25) is 0 Å². The zero-order chi connectivity index (χ0) is 20.6. The van der Waals surface area contributed by atoms with E-state index >= 15 is 0 Å². The normalized spacial score (nSPS) is 14.4. The summed E-state index contributed by atoms with van der Waals surface area (Å²) in [5.74, 6) is -0.613. The number of phenols is 2. The minimum Gasteiger partial charge on any atom is -0.504 e. The summed E-state index contributed by atoms with van der Waals surface area (Å²) in [4.78, 5) is 17.4. The number of pyridine rings is 1. The summed E-state index contributed by atoms with van der Waals surface area (Å²) in [6.45, 7) is 4.13. The van der Waals surface area contributed by atoms with Crippen LogP contribution in [-0.4, -0.2) is 32.5 Å². The Labute approximate surface area is 159 Å². The van der Waals surface area contributed by atoms with Crippen LogP contribution in [0.3, 0.4) is 0 Å². The lowest BCUT2D eigenvalue weighted by atomic mass is 9.90. The minimum atomic E-state index is -4.50. The molecule has 0 spiro atoms. The van der Waals surface area contributed by atoms with Crippen molar-refractivity contribution < 1.29 is 28.2 Å². The van der Waals surface area contributed by atoms with Gasteiger partial charge in [0.2, 0.25) is 5.91 Å². The number of carbonyl (C=O) groups is 1. The molecule has 28 heavy (non-hydrogen) atoms. The van der Waals surface area contributed by atoms with Gasteiger partial charge in [0.25, 0.3) is 0 Å². The Hall–Kier alpha value is -3.03. The third kappa shape index (κ3) is 3.67. The fraction of sp³-hybridized carbons (Fsp3) is 0.300. The summed E-state index contributed by atoms with van der Waals surface area (Å²) in [6, 6.07) is 2.11. The Morgan fingerprint density at radius 1 is 1.14 bits per heavy atom. The van der Waals surface area contributed by atoms with Gasteiger partial charge in [0, 0.05) is 25.4 Å². The largest absolute Gasteiger partial charge is 0.504 e. The van der Waals surface area contributed by atoms with Crippen molar-refractivity contribution in [3.8, 4) is 11.5 Å². The molecular weight excluding hydrogens is 373 g/mol. The van der Waals surface area contributed by atoms with E-state index in [1.54, 1.807) is 18.7 Å². The number of aromatic nitrogens is 1. The predicted octanol–water partition coefficient (Wildman–Crippen LogP) is 3.73. The molecule has 0 atom stereocenters. The van der Waals surface area contributed by atoms with E-state index in [2.05, 4.69) is 4.98 Å². The smallest absolute Gasteiger partial charge is 0.433 e. The van der Waals surface area contributed by atoms with Gasteiger partial charge in [-0.1, -0.05) is 6.07 Å². The minimum absolute atomic E-state index is 0.134. The number of carbonyl (C=O) groups excluding carboxylic acids is 1. The quantitative estimate of drug-likeness (QED) is 0.603. The number of amides is 1. The van der Waals surface area contributed by atoms with Crippen LogP contribution < -0.4 is 0 Å². The summed E-state index contributed by atoms with van der Waals surface area (Å²) in [7, 11) is 0. The number of aromatic hydroxyl groups is 2. The average molecular weight is 392 g/mol. The zero-order valence-corrected chi connectivity index (χ0v) is 15.3. The maximum atomic E-state index is 12.5. The lowest BCUT2D eigenvalue weighted by molar-refractivity contribution is -0.141. The van der Waals surface area contributed by atoms with Gasteiger partial charge in [-0.2, -0.15) is 13.2 Å². The molecule has 1 amide bonds. The SMILES string of the molecule is Cc1c(O)c(O)c(C)c2c1CCN(C(=O)/C=C/c1ccc(C(F)(F)F)nc1)C2. The van der Waals surface area contributed by atoms with Gasteiger partial charge in [-0.25, -0.2) is 0 Å². The Balaban J connectivity index is 1.76. The third-order valence-electron chi connectivity index (χ3n) is 4.99. The first kappa shape index (κ1) is 19.7. The molecule has 1 aliphatic heterocycles. The molecule has 0 unspecified atom stereocenters. The Kier molecular flexibility index (Phi) is 5.06. The first-order chi connectivity index (χ1) is 13.1. The van der Waals surface area contributed by atoms with Crippen molar-refractivity contribution in [1.82, 2.24) is 9.88 Å². The molecule has 1 aromatic carbocycles. The van der Waals surface area contributed by atoms with E-state index in [-0.39, 0.29) is 24.0 Å². The van der Waals surface area contributed by atoms with Crippen molar-refractivity contribution >= 4 is 12.0 Å². The van der Waals surface area contributed by atoms with Crippen molar-refractivity contribution in [3.05, 3.63) is 57.9 Å². The second-order valence-corrected chi connectivity index (χ2v) is 6.72. The first-order valence-corrected chi connectivity index (χ1v) is 8.62. The van der Waals surface area contributed by atoms with Crippen molar-refractivity contribution in [2.75, 3.05) is 6.54 Å². The summed E-state index contributed by atoms with van der Waals surface area (Å²) in [6.07, 6.45) is -0.200. The van der Waals surface area contributed by atoms with E-state index < -0.39 is 11.9 Å². The van der Waals surface area contributed by atoms with Gasteiger partial charge < -0.3 is 15.1 Å². The van der Waals surface area contributed by atoms with E-state index in [0.717, 1.165) is 23.4 Å².